The SMILES string of the molecule is Cc1cc(N2CCC(Oc3ncccc3C)CC2)nc(C)n1. The maximum Gasteiger partial charge on any atom is 0.216 e. The van der Waals surface area contributed by atoms with E-state index in [1.165, 1.54) is 0 Å². The molecule has 0 amide bonds. The molecular weight excluding hydrogens is 276 g/mol. The highest BCUT2D eigenvalue weighted by molar-refractivity contribution is 5.40. The smallest absolute Gasteiger partial charge is 0.216 e. The van der Waals surface area contributed by atoms with Gasteiger partial charge in [-0.1, -0.05) is 6.07 Å². The van der Waals surface area contributed by atoms with E-state index in [1.54, 1.807) is 6.20 Å². The number of anilines is 1. The van der Waals surface area contributed by atoms with Gasteiger partial charge in [-0.3, -0.25) is 0 Å². The molecule has 0 aliphatic carbocycles. The molecule has 3 heterocycles. The normalized spacial score (nSPS) is 15.9. The Morgan fingerprint density at radius 3 is 2.59 bits per heavy atom. The quantitative estimate of drug-likeness (QED) is 0.872. The molecule has 1 saturated heterocycles. The zero-order valence-corrected chi connectivity index (χ0v) is 13.4. The fraction of sp³-hybridized carbons (Fsp3) is 0.471. The third-order valence-corrected chi connectivity index (χ3v) is 3.96. The third kappa shape index (κ3) is 3.35. The molecule has 3 rings (SSSR count). The molecule has 0 bridgehead atoms. The summed E-state index contributed by atoms with van der Waals surface area (Å²) in [5, 5.41) is 0. The molecule has 1 fully saturated rings. The number of aryl methyl sites for hydroxylation is 3. The molecule has 0 radical (unpaired) electrons. The van der Waals surface area contributed by atoms with E-state index in [9.17, 15) is 0 Å². The van der Waals surface area contributed by atoms with Crippen molar-refractivity contribution in [3.05, 3.63) is 41.5 Å². The second-order valence-electron chi connectivity index (χ2n) is 5.84. The van der Waals surface area contributed by atoms with Crippen molar-refractivity contribution < 1.29 is 4.74 Å². The first-order valence-corrected chi connectivity index (χ1v) is 7.77. The second-order valence-corrected chi connectivity index (χ2v) is 5.84. The first-order chi connectivity index (χ1) is 10.6. The van der Waals surface area contributed by atoms with E-state index in [1.807, 2.05) is 32.9 Å². The average Bonchev–Trinajstić information content (AvgIpc) is 2.49. The Bertz CT molecular complexity index is 631. The van der Waals surface area contributed by atoms with E-state index in [0.29, 0.717) is 0 Å². The summed E-state index contributed by atoms with van der Waals surface area (Å²) in [5.41, 5.74) is 2.11. The first kappa shape index (κ1) is 14.8. The fourth-order valence-electron chi connectivity index (χ4n) is 2.81. The molecule has 1 aliphatic rings. The van der Waals surface area contributed by atoms with Crippen LogP contribution >= 0.6 is 0 Å². The summed E-state index contributed by atoms with van der Waals surface area (Å²) in [6, 6.07) is 6.02. The topological polar surface area (TPSA) is 51.1 Å². The highest BCUT2D eigenvalue weighted by Gasteiger charge is 2.22. The molecule has 116 valence electrons. The average molecular weight is 298 g/mol. The summed E-state index contributed by atoms with van der Waals surface area (Å²) < 4.78 is 6.05. The monoisotopic (exact) mass is 298 g/mol. The van der Waals surface area contributed by atoms with Gasteiger partial charge in [0.1, 0.15) is 17.7 Å². The number of hydrogen-bond acceptors (Lipinski definition) is 5. The third-order valence-electron chi connectivity index (χ3n) is 3.96. The lowest BCUT2D eigenvalue weighted by molar-refractivity contribution is 0.162. The summed E-state index contributed by atoms with van der Waals surface area (Å²) in [6.45, 7) is 7.89. The number of rotatable bonds is 3. The Balaban J connectivity index is 1.62. The molecule has 0 aromatic carbocycles. The largest absolute Gasteiger partial charge is 0.474 e. The number of ether oxygens (including phenoxy) is 1. The van der Waals surface area contributed by atoms with Crippen LogP contribution in [0.4, 0.5) is 5.82 Å². The minimum Gasteiger partial charge on any atom is -0.474 e. The van der Waals surface area contributed by atoms with E-state index in [-0.39, 0.29) is 6.10 Å². The number of nitrogens with zero attached hydrogens (tertiary/aromatic N) is 4. The van der Waals surface area contributed by atoms with Crippen molar-refractivity contribution in [1.82, 2.24) is 15.0 Å². The van der Waals surface area contributed by atoms with Crippen LogP contribution in [0.2, 0.25) is 0 Å². The van der Waals surface area contributed by atoms with Crippen LogP contribution in [0.3, 0.4) is 0 Å². The number of aromatic nitrogens is 3. The molecular formula is C17H22N4O. The molecule has 0 atom stereocenters. The Morgan fingerprint density at radius 2 is 1.91 bits per heavy atom. The van der Waals surface area contributed by atoms with Gasteiger partial charge < -0.3 is 9.64 Å². The molecule has 2 aromatic heterocycles. The van der Waals surface area contributed by atoms with Crippen molar-refractivity contribution in [3.8, 4) is 5.88 Å². The van der Waals surface area contributed by atoms with E-state index >= 15 is 0 Å². The molecule has 0 saturated carbocycles. The van der Waals surface area contributed by atoms with Gasteiger partial charge in [0.25, 0.3) is 0 Å². The Labute approximate surface area is 131 Å². The lowest BCUT2D eigenvalue weighted by Crippen LogP contribution is -2.39. The lowest BCUT2D eigenvalue weighted by Gasteiger charge is -2.33. The molecule has 5 heteroatoms. The van der Waals surface area contributed by atoms with Gasteiger partial charge >= 0.3 is 0 Å². The standard InChI is InChI=1S/C17H22N4O/c1-12-5-4-8-18-17(12)22-15-6-9-21(10-7-15)16-11-13(2)19-14(3)20-16/h4-5,8,11,15H,6-7,9-10H2,1-3H3. The number of piperidine rings is 1. The molecule has 0 unspecified atom stereocenters. The zero-order chi connectivity index (χ0) is 15.5. The van der Waals surface area contributed by atoms with Gasteiger partial charge in [-0.2, -0.15) is 0 Å². The summed E-state index contributed by atoms with van der Waals surface area (Å²) in [7, 11) is 0. The van der Waals surface area contributed by atoms with Crippen LogP contribution in [-0.4, -0.2) is 34.1 Å². The number of pyridine rings is 1. The van der Waals surface area contributed by atoms with Gasteiger partial charge in [-0.05, 0) is 26.8 Å². The Morgan fingerprint density at radius 1 is 1.14 bits per heavy atom. The van der Waals surface area contributed by atoms with Crippen molar-refractivity contribution in [2.24, 2.45) is 0 Å². The molecule has 2 aromatic rings. The maximum absolute atomic E-state index is 6.05. The number of hydrogen-bond donors (Lipinski definition) is 0. The van der Waals surface area contributed by atoms with E-state index in [2.05, 4.69) is 25.9 Å². The minimum absolute atomic E-state index is 0.230. The Kier molecular flexibility index (Phi) is 4.22. The van der Waals surface area contributed by atoms with Crippen molar-refractivity contribution in [3.63, 3.8) is 0 Å². The van der Waals surface area contributed by atoms with Crippen LogP contribution in [0.5, 0.6) is 5.88 Å². The van der Waals surface area contributed by atoms with Gasteiger partial charge in [-0.15, -0.1) is 0 Å². The minimum atomic E-state index is 0.230. The second kappa shape index (κ2) is 6.30. The summed E-state index contributed by atoms with van der Waals surface area (Å²) in [4.78, 5) is 15.5. The van der Waals surface area contributed by atoms with Crippen LogP contribution in [-0.2, 0) is 0 Å². The predicted octanol–water partition coefficient (Wildman–Crippen LogP) is 2.84. The van der Waals surface area contributed by atoms with Gasteiger partial charge in [-0.25, -0.2) is 15.0 Å². The van der Waals surface area contributed by atoms with Gasteiger partial charge in [0.05, 0.1) is 0 Å². The van der Waals surface area contributed by atoms with Crippen LogP contribution in [0.1, 0.15) is 29.9 Å². The van der Waals surface area contributed by atoms with Gasteiger partial charge in [0, 0.05) is 49.5 Å². The first-order valence-electron chi connectivity index (χ1n) is 7.77. The van der Waals surface area contributed by atoms with Crippen LogP contribution in [0.25, 0.3) is 0 Å². The van der Waals surface area contributed by atoms with Crippen molar-refractivity contribution in [2.75, 3.05) is 18.0 Å². The van der Waals surface area contributed by atoms with Crippen molar-refractivity contribution in [2.45, 2.75) is 39.7 Å². The van der Waals surface area contributed by atoms with Crippen LogP contribution in [0, 0.1) is 20.8 Å². The Hall–Kier alpha value is -2.17. The van der Waals surface area contributed by atoms with E-state index in [4.69, 9.17) is 4.74 Å². The summed E-state index contributed by atoms with van der Waals surface area (Å²) in [5.74, 6) is 2.62. The summed E-state index contributed by atoms with van der Waals surface area (Å²) >= 11 is 0. The molecule has 5 nitrogen and oxygen atoms in total. The highest BCUT2D eigenvalue weighted by Crippen LogP contribution is 2.23. The predicted molar refractivity (Wildman–Crippen MR) is 86.3 cm³/mol. The van der Waals surface area contributed by atoms with Crippen molar-refractivity contribution >= 4 is 5.82 Å². The maximum atomic E-state index is 6.05. The highest BCUT2D eigenvalue weighted by atomic mass is 16.5. The van der Waals surface area contributed by atoms with E-state index < -0.39 is 0 Å². The van der Waals surface area contributed by atoms with E-state index in [0.717, 1.165) is 54.7 Å². The van der Waals surface area contributed by atoms with Crippen molar-refractivity contribution in [1.29, 1.82) is 0 Å². The van der Waals surface area contributed by atoms with Crippen LogP contribution < -0.4 is 9.64 Å². The zero-order valence-electron chi connectivity index (χ0n) is 13.4. The van der Waals surface area contributed by atoms with Gasteiger partial charge in [0.2, 0.25) is 5.88 Å². The van der Waals surface area contributed by atoms with Crippen LogP contribution in [0.15, 0.2) is 24.4 Å². The summed E-state index contributed by atoms with van der Waals surface area (Å²) in [6.07, 6.45) is 3.98. The molecule has 22 heavy (non-hydrogen) atoms. The molecule has 0 N–H and O–H groups in total. The molecule has 1 aliphatic heterocycles. The molecule has 0 spiro atoms. The van der Waals surface area contributed by atoms with Gasteiger partial charge in [0.15, 0.2) is 0 Å². The fourth-order valence-corrected chi connectivity index (χ4v) is 2.81. The lowest BCUT2D eigenvalue weighted by atomic mass is 10.1.